The van der Waals surface area contributed by atoms with Crippen molar-refractivity contribution in [3.63, 3.8) is 0 Å². The monoisotopic (exact) mass is 234 g/mol. The van der Waals surface area contributed by atoms with Crippen LogP contribution in [0.15, 0.2) is 24.3 Å². The summed E-state index contributed by atoms with van der Waals surface area (Å²) in [7, 11) is 1.78. The molecule has 1 saturated heterocycles. The van der Waals surface area contributed by atoms with Gasteiger partial charge in [0, 0.05) is 18.8 Å². The number of benzene rings is 1. The summed E-state index contributed by atoms with van der Waals surface area (Å²) in [5.74, 6) is -0.193. The molecule has 1 heterocycles. The molecule has 4 heteroatoms. The van der Waals surface area contributed by atoms with E-state index in [4.69, 9.17) is 10.5 Å². The Morgan fingerprint density at radius 2 is 2.24 bits per heavy atom. The lowest BCUT2D eigenvalue weighted by molar-refractivity contribution is -0.122. The maximum absolute atomic E-state index is 12.2. The van der Waals surface area contributed by atoms with E-state index < -0.39 is 0 Å². The van der Waals surface area contributed by atoms with Gasteiger partial charge in [0.1, 0.15) is 0 Å². The number of aryl methyl sites for hydroxylation is 1. The summed E-state index contributed by atoms with van der Waals surface area (Å²) < 4.78 is 5.23. The molecule has 0 bridgehead atoms. The van der Waals surface area contributed by atoms with Crippen molar-refractivity contribution in [2.75, 3.05) is 25.2 Å². The van der Waals surface area contributed by atoms with E-state index in [1.165, 1.54) is 0 Å². The van der Waals surface area contributed by atoms with Gasteiger partial charge in [-0.05, 0) is 24.6 Å². The fourth-order valence-corrected chi connectivity index (χ4v) is 2.04. The minimum Gasteiger partial charge on any atom is -0.379 e. The first-order chi connectivity index (χ1) is 8.09. The van der Waals surface area contributed by atoms with Crippen LogP contribution < -0.4 is 10.6 Å². The summed E-state index contributed by atoms with van der Waals surface area (Å²) in [6.45, 7) is 2.90. The van der Waals surface area contributed by atoms with Gasteiger partial charge in [0.25, 0.3) is 0 Å². The van der Waals surface area contributed by atoms with Gasteiger partial charge in [-0.15, -0.1) is 0 Å². The molecule has 2 atom stereocenters. The molecule has 2 unspecified atom stereocenters. The van der Waals surface area contributed by atoms with Gasteiger partial charge in [-0.25, -0.2) is 0 Å². The van der Waals surface area contributed by atoms with Crippen LogP contribution in [0.4, 0.5) is 5.69 Å². The smallest absolute Gasteiger partial charge is 0.233 e. The quantitative estimate of drug-likeness (QED) is 0.828. The summed E-state index contributed by atoms with van der Waals surface area (Å²) in [5.41, 5.74) is 7.88. The molecule has 1 aromatic rings. The summed E-state index contributed by atoms with van der Waals surface area (Å²) in [6, 6.07) is 7.67. The van der Waals surface area contributed by atoms with Gasteiger partial charge in [0.2, 0.25) is 5.91 Å². The second-order valence-corrected chi connectivity index (χ2v) is 4.54. The van der Waals surface area contributed by atoms with E-state index in [1.54, 1.807) is 11.9 Å². The highest BCUT2D eigenvalue weighted by Gasteiger charge is 2.33. The first-order valence-corrected chi connectivity index (χ1v) is 5.77. The number of amides is 1. The van der Waals surface area contributed by atoms with Crippen LogP contribution in [0, 0.1) is 12.8 Å². The van der Waals surface area contributed by atoms with Crippen LogP contribution in [0.3, 0.4) is 0 Å². The molecule has 0 aromatic heterocycles. The Kier molecular flexibility index (Phi) is 3.45. The number of carbonyl (C=O) groups is 1. The molecule has 0 radical (unpaired) electrons. The highest BCUT2D eigenvalue weighted by atomic mass is 16.5. The zero-order chi connectivity index (χ0) is 12.4. The predicted molar refractivity (Wildman–Crippen MR) is 66.9 cm³/mol. The van der Waals surface area contributed by atoms with Gasteiger partial charge in [-0.1, -0.05) is 12.1 Å². The first-order valence-electron chi connectivity index (χ1n) is 5.77. The molecule has 2 N–H and O–H groups in total. The lowest BCUT2D eigenvalue weighted by Gasteiger charge is -2.22. The second kappa shape index (κ2) is 4.85. The average Bonchev–Trinajstić information content (AvgIpc) is 2.73. The second-order valence-electron chi connectivity index (χ2n) is 4.54. The summed E-state index contributed by atoms with van der Waals surface area (Å²) >= 11 is 0. The van der Waals surface area contributed by atoms with E-state index in [9.17, 15) is 4.79 Å². The Labute approximate surface area is 101 Å². The van der Waals surface area contributed by atoms with E-state index in [0.717, 1.165) is 11.3 Å². The summed E-state index contributed by atoms with van der Waals surface area (Å²) in [6.07, 6.45) is 0. The molecule has 1 aliphatic heterocycles. The third kappa shape index (κ3) is 2.48. The van der Waals surface area contributed by atoms with E-state index >= 15 is 0 Å². The largest absolute Gasteiger partial charge is 0.379 e. The SMILES string of the molecule is Cc1cccc(N(C)C(=O)C2COCC2N)c1. The number of carbonyl (C=O) groups excluding carboxylic acids is 1. The first kappa shape index (κ1) is 12.1. The lowest BCUT2D eigenvalue weighted by Crippen LogP contribution is -2.42. The standard InChI is InChI=1S/C13H18N2O2/c1-9-4-3-5-10(6-9)15(2)13(16)11-7-17-8-12(11)14/h3-6,11-12H,7-8,14H2,1-2H3. The van der Waals surface area contributed by atoms with Crippen LogP contribution >= 0.6 is 0 Å². The average molecular weight is 234 g/mol. The molecule has 2 rings (SSSR count). The zero-order valence-electron chi connectivity index (χ0n) is 10.2. The number of nitrogens with two attached hydrogens (primary N) is 1. The van der Waals surface area contributed by atoms with Crippen LogP contribution in [-0.2, 0) is 9.53 Å². The highest BCUT2D eigenvalue weighted by Crippen LogP contribution is 2.20. The number of hydrogen-bond acceptors (Lipinski definition) is 3. The maximum Gasteiger partial charge on any atom is 0.233 e. The van der Waals surface area contributed by atoms with Gasteiger partial charge < -0.3 is 15.4 Å². The van der Waals surface area contributed by atoms with Crippen molar-refractivity contribution < 1.29 is 9.53 Å². The number of rotatable bonds is 2. The van der Waals surface area contributed by atoms with E-state index in [-0.39, 0.29) is 17.9 Å². The maximum atomic E-state index is 12.2. The fraction of sp³-hybridized carbons (Fsp3) is 0.462. The van der Waals surface area contributed by atoms with Crippen molar-refractivity contribution in [1.82, 2.24) is 0 Å². The molecule has 1 amide bonds. The molecule has 0 spiro atoms. The van der Waals surface area contributed by atoms with Crippen LogP contribution in [0.1, 0.15) is 5.56 Å². The molecular formula is C13H18N2O2. The summed E-state index contributed by atoms with van der Waals surface area (Å²) in [5, 5.41) is 0. The minimum absolute atomic E-state index is 0.0283. The van der Waals surface area contributed by atoms with Gasteiger partial charge >= 0.3 is 0 Å². The van der Waals surface area contributed by atoms with E-state index in [2.05, 4.69) is 0 Å². The van der Waals surface area contributed by atoms with Crippen molar-refractivity contribution in [3.05, 3.63) is 29.8 Å². The van der Waals surface area contributed by atoms with E-state index in [1.807, 2.05) is 31.2 Å². The van der Waals surface area contributed by atoms with Crippen LogP contribution in [0.25, 0.3) is 0 Å². The third-order valence-corrected chi connectivity index (χ3v) is 3.16. The molecule has 0 aliphatic carbocycles. The molecular weight excluding hydrogens is 216 g/mol. The number of nitrogens with zero attached hydrogens (tertiary/aromatic N) is 1. The zero-order valence-corrected chi connectivity index (χ0v) is 10.2. The Morgan fingerprint density at radius 3 is 2.82 bits per heavy atom. The van der Waals surface area contributed by atoms with Gasteiger partial charge in [-0.2, -0.15) is 0 Å². The third-order valence-electron chi connectivity index (χ3n) is 3.16. The van der Waals surface area contributed by atoms with Crippen LogP contribution in [0.2, 0.25) is 0 Å². The highest BCUT2D eigenvalue weighted by molar-refractivity contribution is 5.95. The number of hydrogen-bond donors (Lipinski definition) is 1. The Morgan fingerprint density at radius 1 is 1.47 bits per heavy atom. The van der Waals surface area contributed by atoms with Gasteiger partial charge in [0.05, 0.1) is 19.1 Å². The predicted octanol–water partition coefficient (Wildman–Crippen LogP) is 0.932. The van der Waals surface area contributed by atoms with Crippen molar-refractivity contribution in [3.8, 4) is 0 Å². The Balaban J connectivity index is 2.14. The van der Waals surface area contributed by atoms with E-state index in [0.29, 0.717) is 13.2 Å². The molecule has 0 saturated carbocycles. The fourth-order valence-electron chi connectivity index (χ4n) is 2.04. The molecule has 4 nitrogen and oxygen atoms in total. The number of ether oxygens (including phenoxy) is 1. The molecule has 92 valence electrons. The van der Waals surface area contributed by atoms with Crippen molar-refractivity contribution in [2.24, 2.45) is 11.7 Å². The normalized spacial score (nSPS) is 23.7. The molecule has 17 heavy (non-hydrogen) atoms. The molecule has 1 aliphatic rings. The van der Waals surface area contributed by atoms with Gasteiger partial charge in [0.15, 0.2) is 0 Å². The van der Waals surface area contributed by atoms with Crippen molar-refractivity contribution >= 4 is 11.6 Å². The van der Waals surface area contributed by atoms with Crippen molar-refractivity contribution in [1.29, 1.82) is 0 Å². The van der Waals surface area contributed by atoms with Gasteiger partial charge in [-0.3, -0.25) is 4.79 Å². The van der Waals surface area contributed by atoms with Crippen molar-refractivity contribution in [2.45, 2.75) is 13.0 Å². The summed E-state index contributed by atoms with van der Waals surface area (Å²) in [4.78, 5) is 13.9. The topological polar surface area (TPSA) is 55.6 Å². The Hall–Kier alpha value is -1.39. The van der Waals surface area contributed by atoms with Crippen LogP contribution in [-0.4, -0.2) is 32.2 Å². The minimum atomic E-state index is -0.222. The number of anilines is 1. The lowest BCUT2D eigenvalue weighted by atomic mass is 10.0. The van der Waals surface area contributed by atoms with Crippen LogP contribution in [0.5, 0.6) is 0 Å². The molecule has 1 fully saturated rings. The molecule has 1 aromatic carbocycles. The Bertz CT molecular complexity index is 420.